The van der Waals surface area contributed by atoms with Crippen LogP contribution >= 0.6 is 0 Å². The third-order valence-corrected chi connectivity index (χ3v) is 11.4. The number of hydrogen-bond acceptors (Lipinski definition) is 3. The quantitative estimate of drug-likeness (QED) is 0.503. The summed E-state index contributed by atoms with van der Waals surface area (Å²) in [6, 6.07) is 0.940. The molecule has 0 rings (SSSR count). The molecule has 0 atom stereocenters. The first kappa shape index (κ1) is 17.5. The fourth-order valence-corrected chi connectivity index (χ4v) is 14.1. The first-order valence-electron chi connectivity index (χ1n) is 6.45. The van der Waals surface area contributed by atoms with Gasteiger partial charge in [-0.25, -0.2) is 0 Å². The zero-order valence-electron chi connectivity index (χ0n) is 12.8. The lowest BCUT2D eigenvalue weighted by Gasteiger charge is -2.38. The van der Waals surface area contributed by atoms with E-state index >= 15 is 0 Å². The number of hydrogen-bond donors (Lipinski definition) is 0. The lowest BCUT2D eigenvalue weighted by atomic mass is 10.8. The minimum absolute atomic E-state index is 0.758. The van der Waals surface area contributed by atoms with Crippen LogP contribution < -0.4 is 0 Å². The maximum Gasteiger partial charge on any atom is 0.316 e. The van der Waals surface area contributed by atoms with Crippen LogP contribution in [0.4, 0.5) is 0 Å². The van der Waals surface area contributed by atoms with Crippen LogP contribution in [-0.4, -0.2) is 38.4 Å². The van der Waals surface area contributed by atoms with Crippen molar-refractivity contribution in [1.82, 2.24) is 0 Å². The summed E-state index contributed by atoms with van der Waals surface area (Å²) in [5, 5.41) is 0. The van der Waals surface area contributed by atoms with Crippen LogP contribution in [0.3, 0.4) is 0 Å². The minimum Gasteiger partial charge on any atom is -0.437 e. The molecule has 0 spiro atoms. The van der Waals surface area contributed by atoms with Crippen molar-refractivity contribution < 1.29 is 13.0 Å². The molecule has 0 N–H and O–H groups in total. The fraction of sp³-hybridized carbons (Fsp3) is 1.00. The maximum absolute atomic E-state index is 6.36. The second kappa shape index (κ2) is 6.63. The van der Waals surface area contributed by atoms with Gasteiger partial charge in [-0.3, -0.25) is 0 Å². The molecule has 0 bridgehead atoms. The van der Waals surface area contributed by atoms with E-state index in [4.69, 9.17) is 13.0 Å². The minimum atomic E-state index is -2.06. The van der Waals surface area contributed by atoms with E-state index in [1.54, 1.807) is 0 Å². The highest BCUT2D eigenvalue weighted by molar-refractivity contribution is 6.87. The Labute approximate surface area is 110 Å². The Balaban J connectivity index is 4.57. The van der Waals surface area contributed by atoms with Crippen LogP contribution in [-0.2, 0) is 13.0 Å². The van der Waals surface area contributed by atoms with Gasteiger partial charge in [-0.05, 0) is 52.8 Å². The number of ether oxygens (including phenoxy) is 1. The van der Waals surface area contributed by atoms with Gasteiger partial charge in [0, 0.05) is 19.3 Å². The van der Waals surface area contributed by atoms with Gasteiger partial charge in [0.2, 0.25) is 0 Å². The van der Waals surface area contributed by atoms with E-state index in [1.165, 1.54) is 0 Å². The summed E-state index contributed by atoms with van der Waals surface area (Å²) < 4.78 is 18.2. The van der Waals surface area contributed by atoms with Gasteiger partial charge in [-0.15, -0.1) is 0 Å². The van der Waals surface area contributed by atoms with Gasteiger partial charge in [-0.2, -0.15) is 0 Å². The average Bonchev–Trinajstić information content (AvgIpc) is 1.96. The lowest BCUT2D eigenvalue weighted by Crippen LogP contribution is -2.53. The molecule has 6 heteroatoms. The second-order valence-electron chi connectivity index (χ2n) is 6.51. The predicted octanol–water partition coefficient (Wildman–Crippen LogP) is 3.80. The predicted molar refractivity (Wildman–Crippen MR) is 81.8 cm³/mol. The standard InChI is InChI=1S/C11H30O3Si3/c1-9-12-10-11-17(8,13-15(2,3)4)14-16(5,6)7/h9-11H2,1-8H3. The van der Waals surface area contributed by atoms with Crippen LogP contribution in [0.25, 0.3) is 0 Å². The highest BCUT2D eigenvalue weighted by Crippen LogP contribution is 2.24. The third kappa shape index (κ3) is 10.2. The SMILES string of the molecule is CCOCC[Si](C)(O[Si](C)(C)C)O[Si](C)(C)C. The molecular weight excluding hydrogens is 264 g/mol. The second-order valence-corrected chi connectivity index (χ2v) is 19.4. The summed E-state index contributed by atoms with van der Waals surface area (Å²) >= 11 is 0. The van der Waals surface area contributed by atoms with Gasteiger partial charge >= 0.3 is 8.56 Å². The summed E-state index contributed by atoms with van der Waals surface area (Å²) in [5.74, 6) is 0. The smallest absolute Gasteiger partial charge is 0.316 e. The van der Waals surface area contributed by atoms with Gasteiger partial charge < -0.3 is 13.0 Å². The van der Waals surface area contributed by atoms with E-state index in [9.17, 15) is 0 Å². The van der Waals surface area contributed by atoms with Crippen molar-refractivity contribution in [2.45, 2.75) is 58.8 Å². The highest BCUT2D eigenvalue weighted by atomic mass is 28.5. The highest BCUT2D eigenvalue weighted by Gasteiger charge is 2.39. The Morgan fingerprint density at radius 2 is 1.18 bits per heavy atom. The van der Waals surface area contributed by atoms with Crippen LogP contribution in [0, 0.1) is 0 Å². The molecule has 0 fully saturated rings. The molecule has 0 unspecified atom stereocenters. The molecule has 0 aliphatic rings. The van der Waals surface area contributed by atoms with Crippen molar-refractivity contribution in [2.75, 3.05) is 13.2 Å². The Bertz CT molecular complexity index is 205. The Morgan fingerprint density at radius 1 is 0.765 bits per heavy atom. The molecule has 0 aromatic heterocycles. The first-order valence-corrected chi connectivity index (χ1v) is 15.8. The van der Waals surface area contributed by atoms with Gasteiger partial charge in [0.05, 0.1) is 0 Å². The molecule has 0 saturated heterocycles. The summed E-state index contributed by atoms with van der Waals surface area (Å²) in [5.41, 5.74) is 0. The summed E-state index contributed by atoms with van der Waals surface area (Å²) in [7, 11) is -5.16. The monoisotopic (exact) mass is 294 g/mol. The fourth-order valence-electron chi connectivity index (χ4n) is 1.82. The Kier molecular flexibility index (Phi) is 6.83. The number of rotatable bonds is 8. The molecule has 0 aromatic rings. The van der Waals surface area contributed by atoms with Crippen LogP contribution in [0.1, 0.15) is 6.92 Å². The molecule has 17 heavy (non-hydrogen) atoms. The lowest BCUT2D eigenvalue weighted by molar-refractivity contribution is 0.155. The van der Waals surface area contributed by atoms with Crippen LogP contribution in [0.5, 0.6) is 0 Å². The molecule has 0 saturated carbocycles. The molecule has 0 heterocycles. The van der Waals surface area contributed by atoms with Crippen molar-refractivity contribution in [2.24, 2.45) is 0 Å². The summed E-state index contributed by atoms with van der Waals surface area (Å²) in [4.78, 5) is 0. The average molecular weight is 295 g/mol. The van der Waals surface area contributed by atoms with E-state index in [1.807, 2.05) is 6.92 Å². The zero-order valence-corrected chi connectivity index (χ0v) is 15.8. The van der Waals surface area contributed by atoms with E-state index < -0.39 is 25.2 Å². The molecule has 3 nitrogen and oxygen atoms in total. The largest absolute Gasteiger partial charge is 0.437 e. The van der Waals surface area contributed by atoms with E-state index in [0.717, 1.165) is 19.3 Å². The van der Waals surface area contributed by atoms with Crippen molar-refractivity contribution in [3.05, 3.63) is 0 Å². The van der Waals surface area contributed by atoms with Gasteiger partial charge in [0.15, 0.2) is 16.6 Å². The third-order valence-electron chi connectivity index (χ3n) is 1.95. The molecular formula is C11H30O3Si3. The van der Waals surface area contributed by atoms with Crippen molar-refractivity contribution >= 4 is 25.2 Å². The topological polar surface area (TPSA) is 27.7 Å². The summed E-state index contributed by atoms with van der Waals surface area (Å²) in [6.45, 7) is 19.1. The van der Waals surface area contributed by atoms with E-state index in [-0.39, 0.29) is 0 Å². The normalized spacial score (nSPS) is 14.1. The molecule has 0 aliphatic heterocycles. The Morgan fingerprint density at radius 3 is 1.47 bits per heavy atom. The van der Waals surface area contributed by atoms with E-state index in [2.05, 4.69) is 45.8 Å². The Hall–Kier alpha value is 0.531. The molecule has 104 valence electrons. The van der Waals surface area contributed by atoms with Crippen LogP contribution in [0.2, 0.25) is 51.9 Å². The molecule has 0 amide bonds. The summed E-state index contributed by atoms with van der Waals surface area (Å²) in [6.07, 6.45) is 0. The van der Waals surface area contributed by atoms with Crippen molar-refractivity contribution in [3.8, 4) is 0 Å². The van der Waals surface area contributed by atoms with Crippen molar-refractivity contribution in [3.63, 3.8) is 0 Å². The van der Waals surface area contributed by atoms with E-state index in [0.29, 0.717) is 0 Å². The molecule has 0 aromatic carbocycles. The van der Waals surface area contributed by atoms with Gasteiger partial charge in [-0.1, -0.05) is 0 Å². The molecule has 0 aliphatic carbocycles. The van der Waals surface area contributed by atoms with Crippen molar-refractivity contribution in [1.29, 1.82) is 0 Å². The van der Waals surface area contributed by atoms with Crippen LogP contribution in [0.15, 0.2) is 0 Å². The molecule has 0 radical (unpaired) electrons. The first-order chi connectivity index (χ1) is 7.47. The van der Waals surface area contributed by atoms with Gasteiger partial charge in [0.25, 0.3) is 0 Å². The maximum atomic E-state index is 6.36. The zero-order chi connectivity index (χ0) is 13.7. The van der Waals surface area contributed by atoms with Gasteiger partial charge in [0.1, 0.15) is 0 Å².